The molecule has 6 heteroatoms. The van der Waals surface area contributed by atoms with E-state index in [0.29, 0.717) is 27.4 Å². The van der Waals surface area contributed by atoms with Gasteiger partial charge in [-0.1, -0.05) is 51.8 Å². The highest BCUT2D eigenvalue weighted by Gasteiger charge is 2.13. The molecule has 0 radical (unpaired) electrons. The fourth-order valence-corrected chi connectivity index (χ4v) is 3.73. The summed E-state index contributed by atoms with van der Waals surface area (Å²) in [6.45, 7) is 0. The van der Waals surface area contributed by atoms with E-state index in [2.05, 4.69) is 15.9 Å². The van der Waals surface area contributed by atoms with Crippen molar-refractivity contribution in [1.29, 1.82) is 0 Å². The number of hydrogen-bond donors (Lipinski definition) is 0. The Kier molecular flexibility index (Phi) is 5.51. The minimum absolute atomic E-state index is 0.176. The number of hydrogen-bond acceptors (Lipinski definition) is 3. The third-order valence-electron chi connectivity index (χ3n) is 4.50. The summed E-state index contributed by atoms with van der Waals surface area (Å²) in [5.74, 6) is 1.20. The second kappa shape index (κ2) is 8.23. The molecule has 0 N–H and O–H groups in total. The van der Waals surface area contributed by atoms with Gasteiger partial charge in [0, 0.05) is 10.0 Å². The molecule has 0 saturated carbocycles. The van der Waals surface area contributed by atoms with Crippen LogP contribution in [0.25, 0.3) is 28.7 Å². The van der Waals surface area contributed by atoms with E-state index in [1.165, 1.54) is 4.57 Å². The molecule has 4 rings (SSSR count). The second-order valence-corrected chi connectivity index (χ2v) is 7.62. The van der Waals surface area contributed by atoms with Crippen molar-refractivity contribution in [3.05, 3.63) is 98.0 Å². The van der Waals surface area contributed by atoms with Crippen LogP contribution in [0, 0.1) is 0 Å². The molecule has 0 atom stereocenters. The molecule has 0 amide bonds. The van der Waals surface area contributed by atoms with Crippen molar-refractivity contribution >= 4 is 50.6 Å². The van der Waals surface area contributed by atoms with Crippen molar-refractivity contribution in [3.63, 3.8) is 0 Å². The molecule has 0 aliphatic heterocycles. The Morgan fingerprint density at radius 3 is 2.59 bits per heavy atom. The third kappa shape index (κ3) is 3.84. The summed E-state index contributed by atoms with van der Waals surface area (Å²) in [6, 6.07) is 20.2. The first-order chi connectivity index (χ1) is 14.1. The number of para-hydroxylation sites is 2. The van der Waals surface area contributed by atoms with Crippen molar-refractivity contribution in [2.24, 2.45) is 0 Å². The van der Waals surface area contributed by atoms with Crippen molar-refractivity contribution < 1.29 is 4.74 Å². The van der Waals surface area contributed by atoms with E-state index < -0.39 is 0 Å². The minimum atomic E-state index is -0.176. The predicted molar refractivity (Wildman–Crippen MR) is 122 cm³/mol. The maximum Gasteiger partial charge on any atom is 0.266 e. The molecule has 4 nitrogen and oxygen atoms in total. The topological polar surface area (TPSA) is 44.1 Å². The molecule has 0 spiro atoms. The number of methoxy groups -OCH3 is 1. The quantitative estimate of drug-likeness (QED) is 0.371. The van der Waals surface area contributed by atoms with Crippen LogP contribution in [0.4, 0.5) is 0 Å². The van der Waals surface area contributed by atoms with E-state index >= 15 is 0 Å². The van der Waals surface area contributed by atoms with Gasteiger partial charge in [0.1, 0.15) is 11.6 Å². The average Bonchev–Trinajstić information content (AvgIpc) is 2.73. The molecule has 0 bridgehead atoms. The van der Waals surface area contributed by atoms with Crippen molar-refractivity contribution in [1.82, 2.24) is 9.55 Å². The summed E-state index contributed by atoms with van der Waals surface area (Å²) in [6.07, 6.45) is 3.66. The molecule has 3 aromatic carbocycles. The lowest BCUT2D eigenvalue weighted by molar-refractivity contribution is 0.414. The summed E-state index contributed by atoms with van der Waals surface area (Å²) in [5.41, 5.74) is 1.89. The molecule has 0 aliphatic carbocycles. The molecule has 1 heterocycles. The molecular formula is C23H16BrClN2O2. The normalized spacial score (nSPS) is 11.3. The zero-order valence-corrected chi connectivity index (χ0v) is 17.8. The van der Waals surface area contributed by atoms with E-state index in [9.17, 15) is 4.79 Å². The van der Waals surface area contributed by atoms with Gasteiger partial charge in [0.2, 0.25) is 0 Å². The van der Waals surface area contributed by atoms with Gasteiger partial charge in [-0.05, 0) is 54.6 Å². The van der Waals surface area contributed by atoms with Gasteiger partial charge in [-0.25, -0.2) is 4.98 Å². The van der Waals surface area contributed by atoms with Crippen LogP contribution >= 0.6 is 27.5 Å². The Hall–Kier alpha value is -2.89. The van der Waals surface area contributed by atoms with Crippen LogP contribution < -0.4 is 10.3 Å². The van der Waals surface area contributed by atoms with Gasteiger partial charge in [-0.3, -0.25) is 9.36 Å². The Morgan fingerprint density at radius 1 is 1.03 bits per heavy atom. The lowest BCUT2D eigenvalue weighted by atomic mass is 10.1. The maximum absolute atomic E-state index is 13.3. The van der Waals surface area contributed by atoms with Crippen LogP contribution in [-0.2, 0) is 0 Å². The lowest BCUT2D eigenvalue weighted by Gasteiger charge is -2.13. The molecule has 4 aromatic rings. The molecule has 0 fully saturated rings. The summed E-state index contributed by atoms with van der Waals surface area (Å²) >= 11 is 9.88. The van der Waals surface area contributed by atoms with Gasteiger partial charge in [0.15, 0.2) is 0 Å². The fourth-order valence-electron chi connectivity index (χ4n) is 3.13. The van der Waals surface area contributed by atoms with E-state index in [4.69, 9.17) is 21.3 Å². The molecule has 0 unspecified atom stereocenters. The SMILES string of the molecule is COc1ccc(Br)cc1/C=C/c1nc2ccccc2c(=O)n1-c1ccccc1Cl. The highest BCUT2D eigenvalue weighted by atomic mass is 79.9. The third-order valence-corrected chi connectivity index (χ3v) is 5.31. The average molecular weight is 468 g/mol. The van der Waals surface area contributed by atoms with E-state index in [1.54, 1.807) is 31.4 Å². The van der Waals surface area contributed by atoms with Crippen LogP contribution in [0.1, 0.15) is 11.4 Å². The summed E-state index contributed by atoms with van der Waals surface area (Å²) in [5, 5.41) is 1.01. The van der Waals surface area contributed by atoms with Gasteiger partial charge >= 0.3 is 0 Å². The Morgan fingerprint density at radius 2 is 1.79 bits per heavy atom. The summed E-state index contributed by atoms with van der Waals surface area (Å²) in [7, 11) is 1.62. The number of nitrogens with zero attached hydrogens (tertiary/aromatic N) is 2. The van der Waals surface area contributed by atoms with Gasteiger partial charge < -0.3 is 4.74 Å². The number of ether oxygens (including phenoxy) is 1. The van der Waals surface area contributed by atoms with Crippen molar-refractivity contribution in [3.8, 4) is 11.4 Å². The fraction of sp³-hybridized carbons (Fsp3) is 0.0435. The van der Waals surface area contributed by atoms with Gasteiger partial charge in [0.05, 0.1) is 28.7 Å². The van der Waals surface area contributed by atoms with Crippen LogP contribution in [0.5, 0.6) is 5.75 Å². The highest BCUT2D eigenvalue weighted by Crippen LogP contribution is 2.26. The van der Waals surface area contributed by atoms with Gasteiger partial charge in [-0.2, -0.15) is 0 Å². The van der Waals surface area contributed by atoms with Crippen molar-refractivity contribution in [2.75, 3.05) is 7.11 Å². The first kappa shape index (κ1) is 19.4. The molecular weight excluding hydrogens is 452 g/mol. The lowest BCUT2D eigenvalue weighted by Crippen LogP contribution is -2.22. The summed E-state index contributed by atoms with van der Waals surface area (Å²) < 4.78 is 7.89. The van der Waals surface area contributed by atoms with Gasteiger partial charge in [0.25, 0.3) is 5.56 Å². The van der Waals surface area contributed by atoms with Crippen LogP contribution in [-0.4, -0.2) is 16.7 Å². The van der Waals surface area contributed by atoms with Crippen molar-refractivity contribution in [2.45, 2.75) is 0 Å². The highest BCUT2D eigenvalue weighted by molar-refractivity contribution is 9.10. The molecule has 144 valence electrons. The number of fused-ring (bicyclic) bond motifs is 1. The Labute approximate surface area is 181 Å². The van der Waals surface area contributed by atoms with Gasteiger partial charge in [-0.15, -0.1) is 0 Å². The number of benzene rings is 3. The van der Waals surface area contributed by atoms with E-state index in [1.807, 2.05) is 54.6 Å². The number of halogens is 2. The first-order valence-electron chi connectivity index (χ1n) is 8.87. The standard InChI is InChI=1S/C23H16BrClN2O2/c1-29-21-12-11-16(24)14-15(21)10-13-22-26-19-8-4-2-6-17(19)23(28)27(22)20-9-5-3-7-18(20)25/h2-14H,1H3/b13-10+. The number of rotatable bonds is 4. The van der Waals surface area contributed by atoms with E-state index in [-0.39, 0.29) is 5.56 Å². The Bertz CT molecular complexity index is 1300. The smallest absolute Gasteiger partial charge is 0.266 e. The number of aromatic nitrogens is 2. The first-order valence-corrected chi connectivity index (χ1v) is 10.0. The molecule has 1 aromatic heterocycles. The predicted octanol–water partition coefficient (Wildman–Crippen LogP) is 5.98. The largest absolute Gasteiger partial charge is 0.496 e. The van der Waals surface area contributed by atoms with Crippen LogP contribution in [0.3, 0.4) is 0 Å². The maximum atomic E-state index is 13.3. The van der Waals surface area contributed by atoms with E-state index in [0.717, 1.165) is 15.8 Å². The minimum Gasteiger partial charge on any atom is -0.496 e. The Balaban J connectivity index is 1.97. The zero-order chi connectivity index (χ0) is 20.4. The molecule has 0 saturated heterocycles. The summed E-state index contributed by atoms with van der Waals surface area (Å²) in [4.78, 5) is 18.0. The molecule has 29 heavy (non-hydrogen) atoms. The van der Waals surface area contributed by atoms with Crippen LogP contribution in [0.15, 0.2) is 76.0 Å². The molecule has 0 aliphatic rings. The monoisotopic (exact) mass is 466 g/mol. The van der Waals surface area contributed by atoms with Crippen LogP contribution in [0.2, 0.25) is 5.02 Å². The second-order valence-electron chi connectivity index (χ2n) is 6.30. The zero-order valence-electron chi connectivity index (χ0n) is 15.5.